The van der Waals surface area contributed by atoms with Gasteiger partial charge < -0.3 is 15.2 Å². The van der Waals surface area contributed by atoms with Crippen LogP contribution in [0.4, 0.5) is 5.69 Å². The summed E-state index contributed by atoms with van der Waals surface area (Å²) in [4.78, 5) is 2.63. The average molecular weight is 371 g/mol. The molecule has 0 radical (unpaired) electrons. The maximum Gasteiger partial charge on any atom is 0.0594 e. The van der Waals surface area contributed by atoms with Crippen molar-refractivity contribution in [2.45, 2.75) is 51.5 Å². The number of hydrogen-bond donors (Lipinski definition) is 1. The summed E-state index contributed by atoms with van der Waals surface area (Å²) in [6, 6.07) is 6.77. The fourth-order valence-electron chi connectivity index (χ4n) is 4.93. The number of anilines is 1. The molecule has 4 nitrogen and oxygen atoms in total. The highest BCUT2D eigenvalue weighted by molar-refractivity contribution is 5.76. The van der Waals surface area contributed by atoms with Crippen LogP contribution >= 0.6 is 0 Å². The van der Waals surface area contributed by atoms with Crippen LogP contribution < -0.4 is 5.73 Å². The van der Waals surface area contributed by atoms with Crippen LogP contribution in [0.5, 0.6) is 0 Å². The standard InChI is InChI=1S/C23H34N2O2/c1-22(2)7-5-18(6-8-22)20-17-19(3-4-21(20)24)23(9-13-26-14-10-23)25-11-15-27-16-12-25/h3-5,17H,6-16,24H2,1-2H3. The molecule has 2 heterocycles. The molecule has 4 heteroatoms. The fourth-order valence-corrected chi connectivity index (χ4v) is 4.93. The molecule has 27 heavy (non-hydrogen) atoms. The Hall–Kier alpha value is -1.36. The van der Waals surface area contributed by atoms with Gasteiger partial charge in [0.05, 0.1) is 18.8 Å². The van der Waals surface area contributed by atoms with Gasteiger partial charge in [0.2, 0.25) is 0 Å². The van der Waals surface area contributed by atoms with E-state index in [1.807, 2.05) is 0 Å². The first kappa shape index (κ1) is 19.0. The molecule has 3 aliphatic rings. The topological polar surface area (TPSA) is 47.7 Å². The van der Waals surface area contributed by atoms with E-state index in [4.69, 9.17) is 15.2 Å². The minimum Gasteiger partial charge on any atom is -0.398 e. The number of hydrogen-bond acceptors (Lipinski definition) is 4. The number of allylic oxidation sites excluding steroid dienone is 2. The average Bonchev–Trinajstić information content (AvgIpc) is 2.70. The van der Waals surface area contributed by atoms with Gasteiger partial charge in [-0.15, -0.1) is 0 Å². The van der Waals surface area contributed by atoms with E-state index >= 15 is 0 Å². The van der Waals surface area contributed by atoms with E-state index in [2.05, 4.69) is 43.0 Å². The third kappa shape index (κ3) is 3.80. The van der Waals surface area contributed by atoms with Gasteiger partial charge in [0.1, 0.15) is 0 Å². The summed E-state index contributed by atoms with van der Waals surface area (Å²) in [5.74, 6) is 0. The van der Waals surface area contributed by atoms with Gasteiger partial charge in [0.15, 0.2) is 0 Å². The van der Waals surface area contributed by atoms with Crippen LogP contribution in [0.3, 0.4) is 0 Å². The number of ether oxygens (including phenoxy) is 2. The van der Waals surface area contributed by atoms with E-state index in [-0.39, 0.29) is 5.54 Å². The second-order valence-corrected chi connectivity index (χ2v) is 9.14. The molecule has 0 amide bonds. The number of nitrogen functional groups attached to an aromatic ring is 1. The molecular formula is C23H34N2O2. The SMILES string of the molecule is CC1(C)CC=C(c2cc(C3(N4CCOCC4)CCOCC3)ccc2N)CC1. The highest BCUT2D eigenvalue weighted by Crippen LogP contribution is 2.43. The molecule has 1 aliphatic carbocycles. The normalized spacial score (nSPS) is 25.8. The van der Waals surface area contributed by atoms with E-state index in [9.17, 15) is 0 Å². The van der Waals surface area contributed by atoms with Gasteiger partial charge in [0.25, 0.3) is 0 Å². The summed E-state index contributed by atoms with van der Waals surface area (Å²) in [7, 11) is 0. The van der Waals surface area contributed by atoms with Crippen LogP contribution in [0.1, 0.15) is 57.1 Å². The molecule has 2 aliphatic heterocycles. The van der Waals surface area contributed by atoms with Crippen LogP contribution in [0.25, 0.3) is 5.57 Å². The Kier molecular flexibility index (Phi) is 5.32. The molecule has 0 atom stereocenters. The van der Waals surface area contributed by atoms with Crippen molar-refractivity contribution in [2.75, 3.05) is 45.3 Å². The molecule has 2 N–H and O–H groups in total. The first-order valence-corrected chi connectivity index (χ1v) is 10.5. The van der Waals surface area contributed by atoms with Crippen LogP contribution in [0.2, 0.25) is 0 Å². The lowest BCUT2D eigenvalue weighted by Crippen LogP contribution is -2.54. The molecule has 0 spiro atoms. The van der Waals surface area contributed by atoms with E-state index in [0.717, 1.165) is 70.9 Å². The van der Waals surface area contributed by atoms with Gasteiger partial charge in [0, 0.05) is 37.6 Å². The molecule has 2 saturated heterocycles. The summed E-state index contributed by atoms with van der Waals surface area (Å²) in [5, 5.41) is 0. The van der Waals surface area contributed by atoms with E-state index in [1.165, 1.54) is 23.1 Å². The second kappa shape index (κ2) is 7.57. The van der Waals surface area contributed by atoms with Gasteiger partial charge in [-0.2, -0.15) is 0 Å². The largest absolute Gasteiger partial charge is 0.398 e. The lowest BCUT2D eigenvalue weighted by Gasteiger charge is -2.48. The zero-order chi connectivity index (χ0) is 18.9. The Morgan fingerprint density at radius 1 is 0.963 bits per heavy atom. The molecule has 0 aromatic heterocycles. The molecule has 148 valence electrons. The minimum atomic E-state index is 0.0545. The predicted octanol–water partition coefficient (Wildman–Crippen LogP) is 4.20. The van der Waals surface area contributed by atoms with Gasteiger partial charge in [-0.1, -0.05) is 26.0 Å². The van der Waals surface area contributed by atoms with Crippen molar-refractivity contribution in [3.63, 3.8) is 0 Å². The Morgan fingerprint density at radius 3 is 2.33 bits per heavy atom. The highest BCUT2D eigenvalue weighted by Gasteiger charge is 2.41. The number of rotatable bonds is 3. The smallest absolute Gasteiger partial charge is 0.0594 e. The maximum absolute atomic E-state index is 6.44. The van der Waals surface area contributed by atoms with Crippen molar-refractivity contribution < 1.29 is 9.47 Å². The first-order chi connectivity index (χ1) is 13.0. The van der Waals surface area contributed by atoms with E-state index < -0.39 is 0 Å². The first-order valence-electron chi connectivity index (χ1n) is 10.5. The van der Waals surface area contributed by atoms with E-state index in [0.29, 0.717) is 5.41 Å². The quantitative estimate of drug-likeness (QED) is 0.810. The van der Waals surface area contributed by atoms with Gasteiger partial charge in [-0.25, -0.2) is 0 Å². The molecule has 1 aromatic rings. The Labute approximate surface area is 163 Å². The lowest BCUT2D eigenvalue weighted by atomic mass is 9.75. The lowest BCUT2D eigenvalue weighted by molar-refractivity contribution is -0.0746. The Balaban J connectivity index is 1.70. The van der Waals surface area contributed by atoms with Gasteiger partial charge in [-0.05, 0) is 60.8 Å². The highest BCUT2D eigenvalue weighted by atomic mass is 16.5. The van der Waals surface area contributed by atoms with Crippen molar-refractivity contribution in [3.05, 3.63) is 35.4 Å². The third-order valence-electron chi connectivity index (χ3n) is 6.85. The van der Waals surface area contributed by atoms with E-state index in [1.54, 1.807) is 0 Å². The van der Waals surface area contributed by atoms with Crippen molar-refractivity contribution in [1.29, 1.82) is 0 Å². The molecule has 0 bridgehead atoms. The number of nitrogens with two attached hydrogens (primary N) is 1. The van der Waals surface area contributed by atoms with Crippen molar-refractivity contribution in [3.8, 4) is 0 Å². The molecule has 4 rings (SSSR count). The monoisotopic (exact) mass is 370 g/mol. The van der Waals surface area contributed by atoms with Gasteiger partial charge in [-0.3, -0.25) is 4.90 Å². The second-order valence-electron chi connectivity index (χ2n) is 9.14. The van der Waals surface area contributed by atoms with Crippen LogP contribution in [0.15, 0.2) is 24.3 Å². The number of benzene rings is 1. The van der Waals surface area contributed by atoms with Crippen molar-refractivity contribution in [1.82, 2.24) is 4.90 Å². The number of nitrogens with zero attached hydrogens (tertiary/aromatic N) is 1. The van der Waals surface area contributed by atoms with Crippen LogP contribution in [-0.4, -0.2) is 44.4 Å². The summed E-state index contributed by atoms with van der Waals surface area (Å²) in [6.45, 7) is 10.0. The minimum absolute atomic E-state index is 0.0545. The molecule has 2 fully saturated rings. The van der Waals surface area contributed by atoms with Crippen molar-refractivity contribution >= 4 is 11.3 Å². The Morgan fingerprint density at radius 2 is 1.67 bits per heavy atom. The summed E-state index contributed by atoms with van der Waals surface area (Å²) in [5.41, 5.74) is 11.9. The summed E-state index contributed by atoms with van der Waals surface area (Å²) >= 11 is 0. The predicted molar refractivity (Wildman–Crippen MR) is 111 cm³/mol. The summed E-state index contributed by atoms with van der Waals surface area (Å²) < 4.78 is 11.4. The Bertz CT molecular complexity index is 698. The molecule has 1 aromatic carbocycles. The van der Waals surface area contributed by atoms with Crippen LogP contribution in [0, 0.1) is 5.41 Å². The zero-order valence-corrected chi connectivity index (χ0v) is 16.9. The number of morpholine rings is 1. The van der Waals surface area contributed by atoms with Crippen molar-refractivity contribution in [2.24, 2.45) is 5.41 Å². The molecule has 0 saturated carbocycles. The zero-order valence-electron chi connectivity index (χ0n) is 16.9. The van der Waals surface area contributed by atoms with Crippen LogP contribution in [-0.2, 0) is 15.0 Å². The maximum atomic E-state index is 6.44. The third-order valence-corrected chi connectivity index (χ3v) is 6.85. The molecule has 0 unspecified atom stereocenters. The fraction of sp³-hybridized carbons (Fsp3) is 0.652. The molecular weight excluding hydrogens is 336 g/mol. The summed E-state index contributed by atoms with van der Waals surface area (Å²) in [6.07, 6.45) is 7.99. The van der Waals surface area contributed by atoms with Gasteiger partial charge >= 0.3 is 0 Å².